The van der Waals surface area contributed by atoms with Crippen molar-refractivity contribution in [3.8, 4) is 0 Å². The highest BCUT2D eigenvalue weighted by molar-refractivity contribution is 5.91. The molecule has 2 aromatic rings. The average molecular weight is 552 g/mol. The van der Waals surface area contributed by atoms with Crippen molar-refractivity contribution in [1.82, 2.24) is 19.5 Å². The molecule has 3 heterocycles. The van der Waals surface area contributed by atoms with E-state index in [-0.39, 0.29) is 17.1 Å². The summed E-state index contributed by atoms with van der Waals surface area (Å²) in [5, 5.41) is 2.49. The minimum absolute atomic E-state index is 0.0637. The number of fused-ring (bicyclic) bond motifs is 1. The summed E-state index contributed by atoms with van der Waals surface area (Å²) in [7, 11) is 0. The van der Waals surface area contributed by atoms with Gasteiger partial charge in [0.05, 0.1) is 6.33 Å². The Hall–Kier alpha value is -4.34. The summed E-state index contributed by atoms with van der Waals surface area (Å²) in [5.41, 5.74) is -0.876. The van der Waals surface area contributed by atoms with Crippen LogP contribution in [0.3, 0.4) is 0 Å². The van der Waals surface area contributed by atoms with Gasteiger partial charge in [0, 0.05) is 33.6 Å². The summed E-state index contributed by atoms with van der Waals surface area (Å²) in [5.74, 6) is -3.97. The molecule has 2 N–H and O–H groups in total. The zero-order valence-electron chi connectivity index (χ0n) is 22.1. The Bertz CT molecular complexity index is 1330. The highest BCUT2D eigenvalue weighted by Crippen LogP contribution is 2.37. The SMILES string of the molecule is CC(=O)OCC(OC(C)=O)[C@H]1O[C@@H](n2cnc3c(=O)[nH]c(NC(=O)C(C)C)nc32)[C@H](OC(C)=O)[C@@H]1OC(C)=O. The second-order valence-corrected chi connectivity index (χ2v) is 8.97. The number of nitrogens with zero attached hydrogens (tertiary/aromatic N) is 3. The van der Waals surface area contributed by atoms with Gasteiger partial charge in [-0.3, -0.25) is 43.6 Å². The van der Waals surface area contributed by atoms with Crippen molar-refractivity contribution in [3.63, 3.8) is 0 Å². The molecule has 0 aliphatic carbocycles. The van der Waals surface area contributed by atoms with E-state index in [1.807, 2.05) is 0 Å². The maximum Gasteiger partial charge on any atom is 0.303 e. The number of carbonyl (C=O) groups is 5. The van der Waals surface area contributed by atoms with Crippen LogP contribution < -0.4 is 10.9 Å². The third kappa shape index (κ3) is 6.95. The fourth-order valence-corrected chi connectivity index (χ4v) is 3.87. The van der Waals surface area contributed by atoms with Crippen LogP contribution in [0.25, 0.3) is 11.2 Å². The van der Waals surface area contributed by atoms with Crippen LogP contribution in [0.15, 0.2) is 11.1 Å². The standard InChI is InChI=1S/C23H29N5O11/c1-9(2)20(33)26-23-25-19-15(21(34)27-23)24-8-28(19)22-18(38-13(6)32)17(37-12(5)31)16(39-22)14(36-11(4)30)7-35-10(3)29/h8-9,14,16-18,22H,7H2,1-6H3,(H2,25,26,27,33,34)/t14?,16-,17-,18-,22-/m1/s1. The zero-order chi connectivity index (χ0) is 29.0. The Morgan fingerprint density at radius 1 is 1.03 bits per heavy atom. The number of imidazole rings is 1. The fraction of sp³-hybridized carbons (Fsp3) is 0.565. The van der Waals surface area contributed by atoms with Crippen LogP contribution in [0.2, 0.25) is 0 Å². The molecule has 39 heavy (non-hydrogen) atoms. The first-order valence-electron chi connectivity index (χ1n) is 11.9. The number of aromatic amines is 1. The maximum absolute atomic E-state index is 12.7. The summed E-state index contributed by atoms with van der Waals surface area (Å²) in [4.78, 5) is 82.9. The fourth-order valence-electron chi connectivity index (χ4n) is 3.87. The number of aromatic nitrogens is 4. The zero-order valence-corrected chi connectivity index (χ0v) is 22.1. The molecule has 5 atom stereocenters. The van der Waals surface area contributed by atoms with Crippen LogP contribution in [0, 0.1) is 5.92 Å². The van der Waals surface area contributed by atoms with Gasteiger partial charge in [-0.05, 0) is 0 Å². The van der Waals surface area contributed by atoms with Gasteiger partial charge in [-0.1, -0.05) is 13.8 Å². The van der Waals surface area contributed by atoms with Gasteiger partial charge in [0.2, 0.25) is 11.9 Å². The van der Waals surface area contributed by atoms with Gasteiger partial charge in [-0.25, -0.2) is 4.98 Å². The first kappa shape index (κ1) is 29.2. The lowest BCUT2D eigenvalue weighted by Crippen LogP contribution is -2.46. The molecule has 0 saturated carbocycles. The quantitative estimate of drug-likeness (QED) is 0.310. The monoisotopic (exact) mass is 551 g/mol. The second-order valence-electron chi connectivity index (χ2n) is 8.97. The normalized spacial score (nSPS) is 21.3. The molecule has 16 nitrogen and oxygen atoms in total. The van der Waals surface area contributed by atoms with E-state index in [9.17, 15) is 28.8 Å². The molecule has 212 valence electrons. The van der Waals surface area contributed by atoms with E-state index in [0.29, 0.717) is 0 Å². The molecule has 0 spiro atoms. The number of anilines is 1. The van der Waals surface area contributed by atoms with E-state index in [1.165, 1.54) is 10.9 Å². The second kappa shape index (κ2) is 12.0. The van der Waals surface area contributed by atoms with Crippen molar-refractivity contribution in [1.29, 1.82) is 0 Å². The van der Waals surface area contributed by atoms with Gasteiger partial charge in [0.15, 0.2) is 35.7 Å². The lowest BCUT2D eigenvalue weighted by atomic mass is 10.0. The summed E-state index contributed by atoms with van der Waals surface area (Å²) in [6, 6.07) is 0. The molecule has 1 unspecified atom stereocenters. The predicted molar refractivity (Wildman–Crippen MR) is 129 cm³/mol. The van der Waals surface area contributed by atoms with Crippen LogP contribution in [-0.2, 0) is 47.7 Å². The van der Waals surface area contributed by atoms with Crippen molar-refractivity contribution in [2.24, 2.45) is 5.92 Å². The number of amides is 1. The number of hydrogen-bond donors (Lipinski definition) is 2. The Balaban J connectivity index is 2.12. The lowest BCUT2D eigenvalue weighted by molar-refractivity contribution is -0.177. The topological polar surface area (TPSA) is 207 Å². The Labute approximate surface area is 221 Å². The maximum atomic E-state index is 12.7. The Kier molecular flexibility index (Phi) is 9.00. The van der Waals surface area contributed by atoms with Crippen molar-refractivity contribution in [3.05, 3.63) is 16.7 Å². The van der Waals surface area contributed by atoms with Crippen LogP contribution in [0.1, 0.15) is 47.8 Å². The molecule has 0 bridgehead atoms. The molecular formula is C23H29N5O11. The number of ether oxygens (including phenoxy) is 5. The molecule has 0 aromatic carbocycles. The minimum Gasteiger partial charge on any atom is -0.462 e. The lowest BCUT2D eigenvalue weighted by Gasteiger charge is -2.27. The van der Waals surface area contributed by atoms with Crippen LogP contribution >= 0.6 is 0 Å². The Morgan fingerprint density at radius 2 is 1.67 bits per heavy atom. The van der Waals surface area contributed by atoms with Crippen LogP contribution in [-0.4, -0.2) is 80.3 Å². The summed E-state index contributed by atoms with van der Waals surface area (Å²) >= 11 is 0. The van der Waals surface area contributed by atoms with Gasteiger partial charge < -0.3 is 23.7 Å². The van der Waals surface area contributed by atoms with E-state index in [2.05, 4.69) is 20.3 Å². The summed E-state index contributed by atoms with van der Waals surface area (Å²) in [6.45, 7) is 7.32. The molecule has 1 aliphatic rings. The highest BCUT2D eigenvalue weighted by atomic mass is 16.7. The number of nitrogens with one attached hydrogen (secondary N) is 2. The average Bonchev–Trinajstić information content (AvgIpc) is 3.37. The van der Waals surface area contributed by atoms with Crippen LogP contribution in [0.5, 0.6) is 0 Å². The van der Waals surface area contributed by atoms with E-state index in [4.69, 9.17) is 23.7 Å². The van der Waals surface area contributed by atoms with Gasteiger partial charge in [-0.15, -0.1) is 0 Å². The Morgan fingerprint density at radius 3 is 2.23 bits per heavy atom. The van der Waals surface area contributed by atoms with E-state index in [0.717, 1.165) is 27.7 Å². The van der Waals surface area contributed by atoms with Gasteiger partial charge in [0.25, 0.3) is 5.56 Å². The van der Waals surface area contributed by atoms with Crippen molar-refractivity contribution < 1.29 is 47.7 Å². The smallest absolute Gasteiger partial charge is 0.303 e. The first-order valence-corrected chi connectivity index (χ1v) is 11.9. The number of rotatable bonds is 9. The number of esters is 4. The minimum atomic E-state index is -1.35. The molecular weight excluding hydrogens is 522 g/mol. The summed E-state index contributed by atoms with van der Waals surface area (Å²) in [6.07, 6.45) is -5.42. The summed E-state index contributed by atoms with van der Waals surface area (Å²) < 4.78 is 28.5. The van der Waals surface area contributed by atoms with Crippen molar-refractivity contribution in [2.45, 2.75) is 72.2 Å². The van der Waals surface area contributed by atoms with E-state index < -0.39 is 78.5 Å². The number of hydrogen-bond acceptors (Lipinski definition) is 13. The molecule has 1 saturated heterocycles. The first-order chi connectivity index (χ1) is 18.3. The third-order valence-electron chi connectivity index (χ3n) is 5.44. The van der Waals surface area contributed by atoms with Gasteiger partial charge in [0.1, 0.15) is 12.7 Å². The molecule has 0 radical (unpaired) electrons. The molecule has 16 heteroatoms. The van der Waals surface area contributed by atoms with Gasteiger partial charge >= 0.3 is 23.9 Å². The third-order valence-corrected chi connectivity index (χ3v) is 5.44. The molecule has 1 aliphatic heterocycles. The number of H-pyrrole nitrogens is 1. The van der Waals surface area contributed by atoms with E-state index in [1.54, 1.807) is 13.8 Å². The van der Waals surface area contributed by atoms with Crippen molar-refractivity contribution >= 4 is 46.9 Å². The largest absolute Gasteiger partial charge is 0.462 e. The van der Waals surface area contributed by atoms with E-state index >= 15 is 0 Å². The predicted octanol–water partition coefficient (Wildman–Crippen LogP) is -0.0303. The molecule has 2 aromatic heterocycles. The number of carbonyl (C=O) groups excluding carboxylic acids is 5. The highest BCUT2D eigenvalue weighted by Gasteiger charge is 2.54. The molecule has 1 fully saturated rings. The molecule has 1 amide bonds. The van der Waals surface area contributed by atoms with Crippen LogP contribution in [0.4, 0.5) is 5.95 Å². The van der Waals surface area contributed by atoms with Gasteiger partial charge in [-0.2, -0.15) is 4.98 Å². The van der Waals surface area contributed by atoms with Crippen molar-refractivity contribution in [2.75, 3.05) is 11.9 Å². The molecule has 3 rings (SSSR count).